The Bertz CT molecular complexity index is 1450. The van der Waals surface area contributed by atoms with Crippen molar-refractivity contribution < 1.29 is 9.53 Å². The zero-order valence-electron chi connectivity index (χ0n) is 21.2. The maximum Gasteiger partial charge on any atom is 0.253 e. The highest BCUT2D eigenvalue weighted by molar-refractivity contribution is 6.36. The van der Waals surface area contributed by atoms with E-state index in [2.05, 4.69) is 46.6 Å². The molecule has 2 aliphatic rings. The molecule has 0 bridgehead atoms. The van der Waals surface area contributed by atoms with Crippen molar-refractivity contribution in [2.45, 2.75) is 58.0 Å². The van der Waals surface area contributed by atoms with E-state index in [1.165, 1.54) is 19.3 Å². The highest BCUT2D eigenvalue weighted by Gasteiger charge is 2.48. The van der Waals surface area contributed by atoms with Gasteiger partial charge in [-0.1, -0.05) is 42.3 Å². The molecule has 190 valence electrons. The summed E-state index contributed by atoms with van der Waals surface area (Å²) in [5, 5.41) is 9.33. The molecule has 6 rings (SSSR count). The fourth-order valence-electron chi connectivity index (χ4n) is 5.95. The lowest BCUT2D eigenvalue weighted by atomic mass is 9.54. The van der Waals surface area contributed by atoms with Gasteiger partial charge in [-0.15, -0.1) is 0 Å². The maximum absolute atomic E-state index is 13.4. The van der Waals surface area contributed by atoms with Gasteiger partial charge in [-0.25, -0.2) is 4.98 Å². The molecule has 6 nitrogen and oxygen atoms in total. The number of nitrogens with one attached hydrogen (secondary N) is 1. The van der Waals surface area contributed by atoms with Gasteiger partial charge in [-0.2, -0.15) is 5.10 Å². The summed E-state index contributed by atoms with van der Waals surface area (Å²) in [6.07, 6.45) is 9.66. The van der Waals surface area contributed by atoms with Crippen LogP contribution in [0.5, 0.6) is 5.88 Å². The lowest BCUT2D eigenvalue weighted by Crippen LogP contribution is -2.53. The molecule has 1 amide bonds. The molecule has 0 aliphatic heterocycles. The normalized spacial score (nSPS) is 17.3. The topological polar surface area (TPSA) is 69.0 Å². The maximum atomic E-state index is 13.4. The zero-order chi connectivity index (χ0) is 25.6. The minimum absolute atomic E-state index is 0.0482. The minimum Gasteiger partial charge on any atom is -0.478 e. The quantitative estimate of drug-likeness (QED) is 0.293. The predicted molar refractivity (Wildman–Crippen MR) is 146 cm³/mol. The number of nitrogens with zero attached hydrogens (tertiary/aromatic N) is 3. The number of benzene rings is 2. The number of rotatable bonds is 7. The van der Waals surface area contributed by atoms with E-state index in [0.717, 1.165) is 40.4 Å². The number of pyridine rings is 1. The van der Waals surface area contributed by atoms with Crippen LogP contribution in [0.1, 0.15) is 67.9 Å². The Morgan fingerprint density at radius 3 is 2.65 bits per heavy atom. The number of fused-ring (bicyclic) bond motifs is 1. The van der Waals surface area contributed by atoms with Crippen LogP contribution in [0.3, 0.4) is 0 Å². The number of hydrogen-bond donors (Lipinski definition) is 1. The Labute approximate surface area is 222 Å². The fourth-order valence-corrected chi connectivity index (χ4v) is 6.16. The van der Waals surface area contributed by atoms with Crippen molar-refractivity contribution in [1.82, 2.24) is 20.1 Å². The fraction of sp³-hybridized carbons (Fsp3) is 0.367. The van der Waals surface area contributed by atoms with E-state index >= 15 is 0 Å². The number of carbonyl (C=O) groups is 1. The van der Waals surface area contributed by atoms with Crippen molar-refractivity contribution in [2.75, 3.05) is 6.61 Å². The summed E-state index contributed by atoms with van der Waals surface area (Å²) in [6.45, 7) is 4.62. The third kappa shape index (κ3) is 4.37. The van der Waals surface area contributed by atoms with Gasteiger partial charge in [-0.3, -0.25) is 9.48 Å². The van der Waals surface area contributed by atoms with Crippen LogP contribution in [-0.2, 0) is 0 Å². The van der Waals surface area contributed by atoms with Crippen molar-refractivity contribution in [3.63, 3.8) is 0 Å². The summed E-state index contributed by atoms with van der Waals surface area (Å²) in [6, 6.07) is 16.1. The minimum atomic E-state index is -0.0880. The van der Waals surface area contributed by atoms with Crippen LogP contribution in [0.15, 0.2) is 60.9 Å². The lowest BCUT2D eigenvalue weighted by molar-refractivity contribution is -0.000604. The second kappa shape index (κ2) is 9.49. The Kier molecular flexibility index (Phi) is 6.15. The summed E-state index contributed by atoms with van der Waals surface area (Å²) in [4.78, 5) is 17.6. The molecule has 2 aliphatic carbocycles. The van der Waals surface area contributed by atoms with Gasteiger partial charge in [0.2, 0.25) is 5.88 Å². The molecule has 0 radical (unpaired) electrons. The molecule has 0 saturated heterocycles. The number of halogens is 1. The summed E-state index contributed by atoms with van der Waals surface area (Å²) in [5.74, 6) is 0.570. The first-order valence-corrected chi connectivity index (χ1v) is 13.5. The molecule has 37 heavy (non-hydrogen) atoms. The van der Waals surface area contributed by atoms with Gasteiger partial charge in [0, 0.05) is 23.7 Å². The predicted octanol–water partition coefficient (Wildman–Crippen LogP) is 6.82. The molecule has 1 atom stereocenters. The van der Waals surface area contributed by atoms with Crippen LogP contribution >= 0.6 is 11.6 Å². The van der Waals surface area contributed by atoms with E-state index in [1.807, 2.05) is 29.8 Å². The summed E-state index contributed by atoms with van der Waals surface area (Å²) in [5.41, 5.74) is 5.12. The molecule has 2 aromatic carbocycles. The molecular formula is C30H31ClN4O2. The second-order valence-electron chi connectivity index (χ2n) is 10.5. The van der Waals surface area contributed by atoms with Gasteiger partial charge in [0.15, 0.2) is 0 Å². The molecule has 1 N–H and O–H groups in total. The van der Waals surface area contributed by atoms with E-state index < -0.39 is 0 Å². The van der Waals surface area contributed by atoms with Crippen molar-refractivity contribution in [1.29, 1.82) is 0 Å². The molecule has 7 heteroatoms. The van der Waals surface area contributed by atoms with Gasteiger partial charge in [0.25, 0.3) is 5.91 Å². The Morgan fingerprint density at radius 2 is 1.95 bits per heavy atom. The van der Waals surface area contributed by atoms with Crippen molar-refractivity contribution in [3.05, 3.63) is 77.1 Å². The Balaban J connectivity index is 1.26. The molecule has 2 heterocycles. The smallest absolute Gasteiger partial charge is 0.253 e. The van der Waals surface area contributed by atoms with Crippen molar-refractivity contribution >= 4 is 28.4 Å². The standard InChI is InChI=1S/C30H31ClN4O2/c1-3-37-27-15-22(11-14-32-27)21-7-5-20(6-8-21)19(2)35-28-24(9-10-26(31)25(28)18-33-35)29(36)34-23-16-30(17-23)12-4-13-30/h5-11,14-15,18-19,23H,3-4,12-13,16-17H2,1-2H3,(H,34,36). The van der Waals surface area contributed by atoms with Gasteiger partial charge < -0.3 is 10.1 Å². The van der Waals surface area contributed by atoms with Crippen molar-refractivity contribution in [2.24, 2.45) is 5.41 Å². The second-order valence-corrected chi connectivity index (χ2v) is 10.9. The van der Waals surface area contributed by atoms with E-state index in [4.69, 9.17) is 16.3 Å². The number of ether oxygens (including phenoxy) is 1. The summed E-state index contributed by atoms with van der Waals surface area (Å²) >= 11 is 6.53. The van der Waals surface area contributed by atoms with Gasteiger partial charge >= 0.3 is 0 Å². The number of carbonyl (C=O) groups excluding carboxylic acids is 1. The van der Waals surface area contributed by atoms with Crippen LogP contribution in [0.25, 0.3) is 22.0 Å². The number of amides is 1. The first-order chi connectivity index (χ1) is 18.0. The molecule has 4 aromatic rings. The first kappa shape index (κ1) is 24.0. The van der Waals surface area contributed by atoms with Crippen LogP contribution < -0.4 is 10.1 Å². The SMILES string of the molecule is CCOc1cc(-c2ccc(C(C)n3ncc4c(Cl)ccc(C(=O)NC5CC6(CCC6)C5)c43)cc2)ccn1. The average molecular weight is 515 g/mol. The first-order valence-electron chi connectivity index (χ1n) is 13.1. The van der Waals surface area contributed by atoms with Gasteiger partial charge in [0.1, 0.15) is 0 Å². The Morgan fingerprint density at radius 1 is 1.16 bits per heavy atom. The van der Waals surface area contributed by atoms with Gasteiger partial charge in [-0.05, 0) is 79.8 Å². The largest absolute Gasteiger partial charge is 0.478 e. The third-order valence-electron chi connectivity index (χ3n) is 8.18. The monoisotopic (exact) mass is 514 g/mol. The van der Waals surface area contributed by atoms with Crippen LogP contribution in [0.2, 0.25) is 5.02 Å². The van der Waals surface area contributed by atoms with E-state index in [1.54, 1.807) is 18.5 Å². The van der Waals surface area contributed by atoms with Gasteiger partial charge in [0.05, 0.1) is 34.9 Å². The van der Waals surface area contributed by atoms with E-state index in [0.29, 0.717) is 28.5 Å². The highest BCUT2D eigenvalue weighted by atomic mass is 35.5. The highest BCUT2D eigenvalue weighted by Crippen LogP contribution is 2.55. The van der Waals surface area contributed by atoms with Crippen LogP contribution in [0, 0.1) is 5.41 Å². The molecule has 1 spiro atoms. The zero-order valence-corrected chi connectivity index (χ0v) is 22.0. The third-order valence-corrected chi connectivity index (χ3v) is 8.51. The summed E-state index contributed by atoms with van der Waals surface area (Å²) < 4.78 is 7.46. The van der Waals surface area contributed by atoms with Crippen molar-refractivity contribution in [3.8, 4) is 17.0 Å². The lowest BCUT2D eigenvalue weighted by Gasteiger charge is -2.54. The molecular weight excluding hydrogens is 484 g/mol. The molecule has 2 saturated carbocycles. The van der Waals surface area contributed by atoms with E-state index in [9.17, 15) is 4.79 Å². The average Bonchev–Trinajstić information content (AvgIpc) is 3.31. The summed E-state index contributed by atoms with van der Waals surface area (Å²) in [7, 11) is 0. The van der Waals surface area contributed by atoms with E-state index in [-0.39, 0.29) is 18.0 Å². The van der Waals surface area contributed by atoms with Crippen LogP contribution in [-0.4, -0.2) is 33.3 Å². The number of aromatic nitrogens is 3. The molecule has 2 fully saturated rings. The molecule has 1 unspecified atom stereocenters. The Hall–Kier alpha value is -3.38. The number of hydrogen-bond acceptors (Lipinski definition) is 4. The molecule has 2 aromatic heterocycles. The van der Waals surface area contributed by atoms with Crippen LogP contribution in [0.4, 0.5) is 0 Å².